The number of benzene rings is 3. The summed E-state index contributed by atoms with van der Waals surface area (Å²) in [6.07, 6.45) is 0. The Morgan fingerprint density at radius 2 is 1.34 bits per heavy atom. The number of carbonyl (C=O) groups is 1. The summed E-state index contributed by atoms with van der Waals surface area (Å²) >= 11 is 0. The van der Waals surface area contributed by atoms with Crippen molar-refractivity contribution in [2.24, 2.45) is 0 Å². The fourth-order valence-corrected chi connectivity index (χ4v) is 3.39. The highest BCUT2D eigenvalue weighted by atomic mass is 32.2. The van der Waals surface area contributed by atoms with Gasteiger partial charge in [0.2, 0.25) is 0 Å². The predicted octanol–water partition coefficient (Wildman–Crippen LogP) is 4.30. The molecule has 0 aliphatic heterocycles. The Morgan fingerprint density at radius 3 is 1.97 bits per heavy atom. The molecular formula is C19H12F4N2O3S. The molecule has 1 amide bonds. The second-order valence-corrected chi connectivity index (χ2v) is 7.52. The smallest absolute Gasteiger partial charge is 0.261 e. The lowest BCUT2D eigenvalue weighted by Gasteiger charge is -2.10. The van der Waals surface area contributed by atoms with E-state index >= 15 is 0 Å². The predicted molar refractivity (Wildman–Crippen MR) is 97.9 cm³/mol. The van der Waals surface area contributed by atoms with E-state index in [0.717, 1.165) is 24.3 Å². The molecule has 0 radical (unpaired) electrons. The first kappa shape index (κ1) is 20.3. The van der Waals surface area contributed by atoms with Crippen LogP contribution in [0.2, 0.25) is 0 Å². The quantitative estimate of drug-likeness (QED) is 0.474. The third-order valence-electron chi connectivity index (χ3n) is 3.78. The van der Waals surface area contributed by atoms with E-state index in [9.17, 15) is 30.8 Å². The minimum Gasteiger partial charge on any atom is -0.319 e. The SMILES string of the molecule is O=C(Nc1cc(F)c(F)cc1F)c1ccc(NS(=O)(=O)c2ccc(F)cc2)cc1. The van der Waals surface area contributed by atoms with E-state index in [0.29, 0.717) is 12.1 Å². The molecule has 0 saturated heterocycles. The molecular weight excluding hydrogens is 412 g/mol. The van der Waals surface area contributed by atoms with Crippen molar-refractivity contribution >= 4 is 27.3 Å². The lowest BCUT2D eigenvalue weighted by atomic mass is 10.2. The Kier molecular flexibility index (Phi) is 5.55. The lowest BCUT2D eigenvalue weighted by Crippen LogP contribution is -2.15. The molecule has 3 aromatic rings. The zero-order chi connectivity index (χ0) is 21.2. The van der Waals surface area contributed by atoms with Gasteiger partial charge in [-0.25, -0.2) is 26.0 Å². The molecule has 150 valence electrons. The van der Waals surface area contributed by atoms with E-state index in [2.05, 4.69) is 10.0 Å². The van der Waals surface area contributed by atoms with Crippen molar-refractivity contribution in [3.63, 3.8) is 0 Å². The maximum absolute atomic E-state index is 13.6. The van der Waals surface area contributed by atoms with Crippen LogP contribution in [0, 0.1) is 23.3 Å². The third kappa shape index (κ3) is 4.72. The van der Waals surface area contributed by atoms with Gasteiger partial charge in [0, 0.05) is 23.4 Å². The Bertz CT molecular complexity index is 1170. The summed E-state index contributed by atoms with van der Waals surface area (Å²) in [6, 6.07) is 10.0. The van der Waals surface area contributed by atoms with Crippen molar-refractivity contribution in [2.45, 2.75) is 4.90 Å². The Labute approximate surface area is 163 Å². The number of nitrogens with one attached hydrogen (secondary N) is 2. The molecule has 10 heteroatoms. The van der Waals surface area contributed by atoms with E-state index in [1.165, 1.54) is 24.3 Å². The minimum atomic E-state index is -3.97. The van der Waals surface area contributed by atoms with Crippen LogP contribution in [0.15, 0.2) is 65.6 Å². The topological polar surface area (TPSA) is 75.3 Å². The number of carbonyl (C=O) groups excluding carboxylic acids is 1. The Hall–Kier alpha value is -3.40. The molecule has 29 heavy (non-hydrogen) atoms. The molecule has 0 aliphatic carbocycles. The van der Waals surface area contributed by atoms with Crippen LogP contribution in [0.25, 0.3) is 0 Å². The van der Waals surface area contributed by atoms with E-state index < -0.39 is 44.9 Å². The van der Waals surface area contributed by atoms with Crippen LogP contribution in [0.5, 0.6) is 0 Å². The summed E-state index contributed by atoms with van der Waals surface area (Å²) in [5.41, 5.74) is -0.418. The van der Waals surface area contributed by atoms with E-state index in [-0.39, 0.29) is 16.1 Å². The molecule has 3 aromatic carbocycles. The highest BCUT2D eigenvalue weighted by Crippen LogP contribution is 2.21. The summed E-state index contributed by atoms with van der Waals surface area (Å²) < 4.78 is 79.5. The van der Waals surface area contributed by atoms with Gasteiger partial charge in [0.05, 0.1) is 10.6 Å². The van der Waals surface area contributed by atoms with Gasteiger partial charge in [-0.15, -0.1) is 0 Å². The second-order valence-electron chi connectivity index (χ2n) is 5.84. The van der Waals surface area contributed by atoms with Gasteiger partial charge in [0.25, 0.3) is 15.9 Å². The van der Waals surface area contributed by atoms with Gasteiger partial charge in [-0.1, -0.05) is 0 Å². The number of amides is 1. The van der Waals surface area contributed by atoms with Gasteiger partial charge in [0.1, 0.15) is 11.6 Å². The Morgan fingerprint density at radius 1 is 0.759 bits per heavy atom. The molecule has 0 aromatic heterocycles. The van der Waals surface area contributed by atoms with Crippen molar-refractivity contribution in [1.82, 2.24) is 0 Å². The number of anilines is 2. The molecule has 0 fully saturated rings. The fourth-order valence-electron chi connectivity index (χ4n) is 2.33. The monoisotopic (exact) mass is 424 g/mol. The summed E-state index contributed by atoms with van der Waals surface area (Å²) in [7, 11) is -3.97. The van der Waals surface area contributed by atoms with Gasteiger partial charge in [-0.05, 0) is 48.5 Å². The zero-order valence-electron chi connectivity index (χ0n) is 14.4. The van der Waals surface area contributed by atoms with Crippen molar-refractivity contribution in [3.05, 3.63) is 89.5 Å². The summed E-state index contributed by atoms with van der Waals surface area (Å²) in [5, 5.41) is 2.10. The minimum absolute atomic E-state index is 0.0128. The molecule has 2 N–H and O–H groups in total. The van der Waals surface area contributed by atoms with Crippen LogP contribution in [0.4, 0.5) is 28.9 Å². The molecule has 3 rings (SSSR count). The summed E-state index contributed by atoms with van der Waals surface area (Å²) in [4.78, 5) is 12.0. The number of sulfonamides is 1. The van der Waals surface area contributed by atoms with Gasteiger partial charge in [0.15, 0.2) is 11.6 Å². The summed E-state index contributed by atoms with van der Waals surface area (Å²) in [5.74, 6) is -5.27. The van der Waals surface area contributed by atoms with Gasteiger partial charge < -0.3 is 5.32 Å². The normalized spacial score (nSPS) is 11.2. The molecule has 0 unspecified atom stereocenters. The number of rotatable bonds is 5. The molecule has 0 aliphatic rings. The number of hydrogen-bond acceptors (Lipinski definition) is 3. The van der Waals surface area contributed by atoms with Crippen molar-refractivity contribution in [1.29, 1.82) is 0 Å². The molecule has 0 heterocycles. The number of halogens is 4. The standard InChI is InChI=1S/C19H12F4N2O3S/c20-12-3-7-14(8-4-12)29(27,28)25-13-5-1-11(2-6-13)19(26)24-18-10-16(22)15(21)9-17(18)23/h1-10,25H,(H,24,26). The average Bonchev–Trinajstić information content (AvgIpc) is 2.66. The first-order chi connectivity index (χ1) is 13.7. The maximum atomic E-state index is 13.6. The van der Waals surface area contributed by atoms with Crippen LogP contribution in [0.3, 0.4) is 0 Å². The van der Waals surface area contributed by atoms with Crippen molar-refractivity contribution in [3.8, 4) is 0 Å². The largest absolute Gasteiger partial charge is 0.319 e. The first-order valence-corrected chi connectivity index (χ1v) is 9.48. The van der Waals surface area contributed by atoms with Gasteiger partial charge in [-0.3, -0.25) is 9.52 Å². The van der Waals surface area contributed by atoms with E-state index in [1.54, 1.807) is 0 Å². The summed E-state index contributed by atoms with van der Waals surface area (Å²) in [6.45, 7) is 0. The van der Waals surface area contributed by atoms with Crippen molar-refractivity contribution in [2.75, 3.05) is 10.0 Å². The second kappa shape index (κ2) is 7.92. The third-order valence-corrected chi connectivity index (χ3v) is 5.18. The highest BCUT2D eigenvalue weighted by molar-refractivity contribution is 7.92. The molecule has 0 atom stereocenters. The van der Waals surface area contributed by atoms with Crippen LogP contribution in [-0.2, 0) is 10.0 Å². The van der Waals surface area contributed by atoms with E-state index in [4.69, 9.17) is 0 Å². The number of hydrogen-bond donors (Lipinski definition) is 2. The zero-order valence-corrected chi connectivity index (χ0v) is 15.2. The average molecular weight is 424 g/mol. The van der Waals surface area contributed by atoms with Crippen LogP contribution >= 0.6 is 0 Å². The van der Waals surface area contributed by atoms with Crippen LogP contribution in [-0.4, -0.2) is 14.3 Å². The molecule has 5 nitrogen and oxygen atoms in total. The maximum Gasteiger partial charge on any atom is 0.261 e. The first-order valence-electron chi connectivity index (χ1n) is 8.00. The molecule has 0 saturated carbocycles. The molecule has 0 bridgehead atoms. The van der Waals surface area contributed by atoms with E-state index in [1.807, 2.05) is 0 Å². The highest BCUT2D eigenvalue weighted by Gasteiger charge is 2.16. The van der Waals surface area contributed by atoms with Gasteiger partial charge in [-0.2, -0.15) is 0 Å². The Balaban J connectivity index is 1.73. The van der Waals surface area contributed by atoms with Gasteiger partial charge >= 0.3 is 0 Å². The fraction of sp³-hybridized carbons (Fsp3) is 0. The van der Waals surface area contributed by atoms with Crippen molar-refractivity contribution < 1.29 is 30.8 Å². The molecule has 0 spiro atoms. The lowest BCUT2D eigenvalue weighted by molar-refractivity contribution is 0.102. The van der Waals surface area contributed by atoms with Crippen LogP contribution in [0.1, 0.15) is 10.4 Å². The van der Waals surface area contributed by atoms with Crippen LogP contribution < -0.4 is 10.0 Å².